The van der Waals surface area contributed by atoms with Crippen LogP contribution in [-0.4, -0.2) is 28.8 Å². The number of aromatic nitrogens is 2. The number of hydrogen-bond donors (Lipinski definition) is 1. The fraction of sp³-hybridized carbons (Fsp3) is 0.545. The molecule has 5 nitrogen and oxygen atoms in total. The molecule has 2 N–H and O–H groups in total. The molecule has 1 aromatic rings. The second-order valence-electron chi connectivity index (χ2n) is 4.29. The van der Waals surface area contributed by atoms with Crippen molar-refractivity contribution >= 4 is 23.5 Å². The molecule has 0 aliphatic heterocycles. The van der Waals surface area contributed by atoms with Crippen molar-refractivity contribution in [2.45, 2.75) is 24.3 Å². The lowest BCUT2D eigenvalue weighted by molar-refractivity contribution is -0.141. The van der Waals surface area contributed by atoms with E-state index in [0.29, 0.717) is 12.2 Å². The molecule has 1 saturated carbocycles. The number of nitrogens with two attached hydrogens (primary N) is 1. The van der Waals surface area contributed by atoms with Crippen molar-refractivity contribution in [3.05, 3.63) is 12.4 Å². The molecule has 2 rings (SSSR count). The van der Waals surface area contributed by atoms with E-state index in [1.165, 1.54) is 7.11 Å². The van der Waals surface area contributed by atoms with E-state index in [9.17, 15) is 4.79 Å². The summed E-state index contributed by atoms with van der Waals surface area (Å²) in [4.78, 5) is 19.4. The van der Waals surface area contributed by atoms with Gasteiger partial charge in [0.2, 0.25) is 0 Å². The van der Waals surface area contributed by atoms with Gasteiger partial charge in [-0.05, 0) is 18.3 Å². The largest absolute Gasteiger partial charge is 0.469 e. The molecule has 1 aliphatic carbocycles. The maximum absolute atomic E-state index is 11.3. The minimum absolute atomic E-state index is 0.0850. The molecular formula is C11H15N3O2S. The molecule has 0 bridgehead atoms. The van der Waals surface area contributed by atoms with Gasteiger partial charge in [-0.3, -0.25) is 4.79 Å². The van der Waals surface area contributed by atoms with Crippen LogP contribution in [0.5, 0.6) is 0 Å². The van der Waals surface area contributed by atoms with E-state index in [4.69, 9.17) is 10.5 Å². The number of ether oxygens (including phenoxy) is 1. The predicted molar refractivity (Wildman–Crippen MR) is 65.5 cm³/mol. The molecule has 1 aromatic heterocycles. The zero-order valence-corrected chi connectivity index (χ0v) is 10.5. The van der Waals surface area contributed by atoms with Crippen LogP contribution in [0.2, 0.25) is 0 Å². The van der Waals surface area contributed by atoms with Crippen molar-refractivity contribution < 1.29 is 9.53 Å². The summed E-state index contributed by atoms with van der Waals surface area (Å²) in [6, 6.07) is 0. The summed E-state index contributed by atoms with van der Waals surface area (Å²) in [6.45, 7) is 0. The maximum atomic E-state index is 11.3. The third-order valence-corrected chi connectivity index (χ3v) is 4.26. The van der Waals surface area contributed by atoms with E-state index in [2.05, 4.69) is 9.97 Å². The van der Waals surface area contributed by atoms with Crippen LogP contribution in [0.15, 0.2) is 17.4 Å². The number of hydrogen-bond acceptors (Lipinski definition) is 6. The minimum atomic E-state index is -0.143. The third kappa shape index (κ3) is 3.09. The average Bonchev–Trinajstić information content (AvgIpc) is 3.08. The SMILES string of the molecule is COC(=O)CC1(CSc2nccnc2N)CC1. The van der Waals surface area contributed by atoms with E-state index in [0.717, 1.165) is 23.6 Å². The Morgan fingerprint density at radius 3 is 2.82 bits per heavy atom. The van der Waals surface area contributed by atoms with Gasteiger partial charge in [-0.25, -0.2) is 9.97 Å². The fourth-order valence-corrected chi connectivity index (χ4v) is 2.77. The van der Waals surface area contributed by atoms with E-state index in [-0.39, 0.29) is 11.4 Å². The summed E-state index contributed by atoms with van der Waals surface area (Å²) in [6.07, 6.45) is 5.81. The monoisotopic (exact) mass is 253 g/mol. The number of nitrogen functional groups attached to an aromatic ring is 1. The number of anilines is 1. The first-order valence-corrected chi connectivity index (χ1v) is 6.40. The van der Waals surface area contributed by atoms with Gasteiger partial charge in [0.05, 0.1) is 13.5 Å². The quantitative estimate of drug-likeness (QED) is 0.633. The van der Waals surface area contributed by atoms with Crippen molar-refractivity contribution in [3.8, 4) is 0 Å². The molecule has 0 amide bonds. The molecule has 17 heavy (non-hydrogen) atoms. The van der Waals surface area contributed by atoms with Gasteiger partial charge in [-0.2, -0.15) is 0 Å². The van der Waals surface area contributed by atoms with Gasteiger partial charge in [0.25, 0.3) is 0 Å². The molecular weight excluding hydrogens is 238 g/mol. The summed E-state index contributed by atoms with van der Waals surface area (Å²) in [5, 5.41) is 0.739. The van der Waals surface area contributed by atoms with Crippen molar-refractivity contribution in [2.75, 3.05) is 18.6 Å². The Morgan fingerprint density at radius 1 is 1.53 bits per heavy atom. The average molecular weight is 253 g/mol. The van der Waals surface area contributed by atoms with Gasteiger partial charge in [0.15, 0.2) is 5.82 Å². The zero-order chi connectivity index (χ0) is 12.3. The van der Waals surface area contributed by atoms with Crippen molar-refractivity contribution in [2.24, 2.45) is 5.41 Å². The summed E-state index contributed by atoms with van der Waals surface area (Å²) in [7, 11) is 1.42. The summed E-state index contributed by atoms with van der Waals surface area (Å²) in [5.41, 5.74) is 5.80. The number of nitrogens with zero attached hydrogens (tertiary/aromatic N) is 2. The van der Waals surface area contributed by atoms with E-state index < -0.39 is 0 Å². The number of carbonyl (C=O) groups excluding carboxylic acids is 1. The number of esters is 1. The normalized spacial score (nSPS) is 16.5. The second kappa shape index (κ2) is 4.91. The Labute approximate surface area is 104 Å². The standard InChI is InChI=1S/C11H15N3O2S/c1-16-8(15)6-11(2-3-11)7-17-10-9(12)13-4-5-14-10/h4-5H,2-3,6-7H2,1H3,(H2,12,13). The van der Waals surface area contributed by atoms with Crippen LogP contribution in [0.3, 0.4) is 0 Å². The van der Waals surface area contributed by atoms with Gasteiger partial charge in [-0.1, -0.05) is 0 Å². The first-order valence-electron chi connectivity index (χ1n) is 5.41. The highest BCUT2D eigenvalue weighted by atomic mass is 32.2. The van der Waals surface area contributed by atoms with Crippen LogP contribution in [0.4, 0.5) is 5.82 Å². The van der Waals surface area contributed by atoms with Crippen molar-refractivity contribution in [1.82, 2.24) is 9.97 Å². The molecule has 0 unspecified atom stereocenters. The van der Waals surface area contributed by atoms with Gasteiger partial charge in [0, 0.05) is 18.1 Å². The van der Waals surface area contributed by atoms with Crippen LogP contribution >= 0.6 is 11.8 Å². The number of thioether (sulfide) groups is 1. The summed E-state index contributed by atoms with van der Waals surface area (Å²) < 4.78 is 4.70. The highest BCUT2D eigenvalue weighted by Gasteiger charge is 2.44. The van der Waals surface area contributed by atoms with Gasteiger partial charge in [-0.15, -0.1) is 11.8 Å². The number of carbonyl (C=O) groups is 1. The summed E-state index contributed by atoms with van der Waals surface area (Å²) in [5.74, 6) is 1.15. The highest BCUT2D eigenvalue weighted by molar-refractivity contribution is 7.99. The molecule has 6 heteroatoms. The van der Waals surface area contributed by atoms with Gasteiger partial charge < -0.3 is 10.5 Å². The van der Waals surface area contributed by atoms with Crippen LogP contribution < -0.4 is 5.73 Å². The molecule has 0 radical (unpaired) electrons. The van der Waals surface area contributed by atoms with Crippen molar-refractivity contribution in [3.63, 3.8) is 0 Å². The first kappa shape index (κ1) is 12.2. The number of rotatable bonds is 5. The second-order valence-corrected chi connectivity index (χ2v) is 5.25. The first-order chi connectivity index (χ1) is 8.15. The van der Waals surface area contributed by atoms with E-state index in [1.54, 1.807) is 24.2 Å². The smallest absolute Gasteiger partial charge is 0.306 e. The molecule has 0 aromatic carbocycles. The van der Waals surface area contributed by atoms with Crippen LogP contribution in [-0.2, 0) is 9.53 Å². The fourth-order valence-electron chi connectivity index (χ4n) is 1.60. The third-order valence-electron chi connectivity index (χ3n) is 2.91. The molecule has 1 fully saturated rings. The van der Waals surface area contributed by atoms with Gasteiger partial charge in [0.1, 0.15) is 5.03 Å². The molecule has 0 saturated heterocycles. The van der Waals surface area contributed by atoms with Crippen LogP contribution in [0.25, 0.3) is 0 Å². The Hall–Kier alpha value is -1.30. The molecule has 1 heterocycles. The molecule has 0 spiro atoms. The predicted octanol–water partition coefficient (Wildman–Crippen LogP) is 1.49. The highest BCUT2D eigenvalue weighted by Crippen LogP contribution is 2.52. The topological polar surface area (TPSA) is 78.1 Å². The van der Waals surface area contributed by atoms with Crippen LogP contribution in [0, 0.1) is 5.41 Å². The maximum Gasteiger partial charge on any atom is 0.306 e. The molecule has 1 aliphatic rings. The molecule has 92 valence electrons. The van der Waals surface area contributed by atoms with Gasteiger partial charge >= 0.3 is 5.97 Å². The Morgan fingerprint density at radius 2 is 2.24 bits per heavy atom. The van der Waals surface area contributed by atoms with Crippen LogP contribution in [0.1, 0.15) is 19.3 Å². The summed E-state index contributed by atoms with van der Waals surface area (Å²) >= 11 is 1.56. The lowest BCUT2D eigenvalue weighted by atomic mass is 10.1. The lowest BCUT2D eigenvalue weighted by Gasteiger charge is -2.12. The van der Waals surface area contributed by atoms with E-state index in [1.807, 2.05) is 0 Å². The lowest BCUT2D eigenvalue weighted by Crippen LogP contribution is -2.13. The Balaban J connectivity index is 1.90. The number of methoxy groups -OCH3 is 1. The minimum Gasteiger partial charge on any atom is -0.469 e. The van der Waals surface area contributed by atoms with E-state index >= 15 is 0 Å². The Kier molecular flexibility index (Phi) is 3.51. The van der Waals surface area contributed by atoms with Crippen molar-refractivity contribution in [1.29, 1.82) is 0 Å². The zero-order valence-electron chi connectivity index (χ0n) is 9.68. The molecule has 0 atom stereocenters. The Bertz CT molecular complexity index is 421.